The van der Waals surface area contributed by atoms with Crippen LogP contribution in [0.4, 0.5) is 5.82 Å². The van der Waals surface area contributed by atoms with Crippen LogP contribution in [0.1, 0.15) is 38.3 Å². The van der Waals surface area contributed by atoms with Gasteiger partial charge in [0, 0.05) is 12.6 Å². The van der Waals surface area contributed by atoms with Crippen LogP contribution in [0.15, 0.2) is 12.4 Å². The summed E-state index contributed by atoms with van der Waals surface area (Å²) in [5, 5.41) is 3.10. The Morgan fingerprint density at radius 1 is 1.28 bits per heavy atom. The normalized spacial score (nSPS) is 27.2. The summed E-state index contributed by atoms with van der Waals surface area (Å²) < 4.78 is 31.2. The number of hydrogen-bond donors (Lipinski definition) is 1. The zero-order valence-electron chi connectivity index (χ0n) is 14.6. The highest BCUT2D eigenvalue weighted by Crippen LogP contribution is 2.46. The van der Waals surface area contributed by atoms with Crippen LogP contribution < -0.4 is 10.2 Å². The highest BCUT2D eigenvalue weighted by atomic mass is 32.2. The summed E-state index contributed by atoms with van der Waals surface area (Å²) in [7, 11) is -3.24. The van der Waals surface area contributed by atoms with Crippen molar-refractivity contribution >= 4 is 15.7 Å². The van der Waals surface area contributed by atoms with Gasteiger partial charge >= 0.3 is 0 Å². The van der Waals surface area contributed by atoms with Crippen molar-refractivity contribution < 1.29 is 13.2 Å². The van der Waals surface area contributed by atoms with Gasteiger partial charge < -0.3 is 15.0 Å². The lowest BCUT2D eigenvalue weighted by molar-refractivity contribution is 0.0985. The SMILES string of the molecule is C[C@@H]1COCCN1c1cc(C2(S(=O)(=O)C3CC3)CCNCC2)ncn1. The first-order valence-electron chi connectivity index (χ1n) is 9.16. The topological polar surface area (TPSA) is 84.4 Å². The Morgan fingerprint density at radius 3 is 2.72 bits per heavy atom. The third-order valence-corrected chi connectivity index (χ3v) is 8.76. The van der Waals surface area contributed by atoms with Crippen LogP contribution in [-0.2, 0) is 19.3 Å². The van der Waals surface area contributed by atoms with Gasteiger partial charge in [-0.3, -0.25) is 0 Å². The molecule has 8 heteroatoms. The second-order valence-corrected chi connectivity index (χ2v) is 9.91. The van der Waals surface area contributed by atoms with Crippen molar-refractivity contribution in [3.8, 4) is 0 Å². The van der Waals surface area contributed by atoms with Crippen LogP contribution in [0.5, 0.6) is 0 Å². The maximum absolute atomic E-state index is 13.3. The summed E-state index contributed by atoms with van der Waals surface area (Å²) in [6.07, 6.45) is 4.27. The number of aromatic nitrogens is 2. The summed E-state index contributed by atoms with van der Waals surface area (Å²) in [6.45, 7) is 5.61. The van der Waals surface area contributed by atoms with E-state index in [9.17, 15) is 8.42 Å². The first-order chi connectivity index (χ1) is 12.0. The van der Waals surface area contributed by atoms with Gasteiger partial charge in [-0.05, 0) is 45.7 Å². The fourth-order valence-electron chi connectivity index (χ4n) is 4.04. The van der Waals surface area contributed by atoms with Gasteiger partial charge in [0.05, 0.1) is 30.2 Å². The number of sulfone groups is 1. The number of ether oxygens (including phenoxy) is 1. The molecule has 0 bridgehead atoms. The minimum Gasteiger partial charge on any atom is -0.377 e. The fraction of sp³-hybridized carbons (Fsp3) is 0.765. The second-order valence-electron chi connectivity index (χ2n) is 7.37. The Labute approximate surface area is 149 Å². The molecule has 1 N–H and O–H groups in total. The number of anilines is 1. The van der Waals surface area contributed by atoms with Gasteiger partial charge in [0.2, 0.25) is 0 Å². The number of morpholine rings is 1. The monoisotopic (exact) mass is 366 g/mol. The number of hydrogen-bond acceptors (Lipinski definition) is 7. The van der Waals surface area contributed by atoms with E-state index in [1.807, 2.05) is 6.07 Å². The molecule has 1 atom stereocenters. The summed E-state index contributed by atoms with van der Waals surface area (Å²) in [6, 6.07) is 2.13. The van der Waals surface area contributed by atoms with E-state index < -0.39 is 14.6 Å². The van der Waals surface area contributed by atoms with E-state index >= 15 is 0 Å². The summed E-state index contributed by atoms with van der Waals surface area (Å²) >= 11 is 0. The quantitative estimate of drug-likeness (QED) is 0.846. The predicted octanol–water partition coefficient (Wildman–Crippen LogP) is 0.858. The average Bonchev–Trinajstić information content (AvgIpc) is 3.48. The highest BCUT2D eigenvalue weighted by molar-refractivity contribution is 7.93. The van der Waals surface area contributed by atoms with Gasteiger partial charge in [0.1, 0.15) is 16.9 Å². The lowest BCUT2D eigenvalue weighted by Crippen LogP contribution is -2.48. The number of piperidine rings is 1. The van der Waals surface area contributed by atoms with E-state index in [2.05, 4.69) is 27.1 Å². The van der Waals surface area contributed by atoms with Crippen LogP contribution in [0.2, 0.25) is 0 Å². The molecule has 3 heterocycles. The van der Waals surface area contributed by atoms with Crippen LogP contribution in [0, 0.1) is 0 Å². The molecular weight excluding hydrogens is 340 g/mol. The molecule has 1 saturated carbocycles. The molecular formula is C17H26N4O3S. The Hall–Kier alpha value is -1.25. The highest BCUT2D eigenvalue weighted by Gasteiger charge is 2.54. The Kier molecular flexibility index (Phi) is 4.45. The number of nitrogens with zero attached hydrogens (tertiary/aromatic N) is 3. The van der Waals surface area contributed by atoms with Gasteiger partial charge in [0.15, 0.2) is 9.84 Å². The molecule has 4 rings (SSSR count). The Balaban J connectivity index is 1.74. The summed E-state index contributed by atoms with van der Waals surface area (Å²) in [5.41, 5.74) is 0.671. The largest absolute Gasteiger partial charge is 0.377 e. The smallest absolute Gasteiger partial charge is 0.164 e. The maximum Gasteiger partial charge on any atom is 0.164 e. The first-order valence-corrected chi connectivity index (χ1v) is 10.7. The minimum atomic E-state index is -3.24. The molecule has 2 saturated heterocycles. The van der Waals surface area contributed by atoms with Crippen LogP contribution in [0.3, 0.4) is 0 Å². The molecule has 0 radical (unpaired) electrons. The van der Waals surface area contributed by atoms with E-state index in [1.54, 1.807) is 0 Å². The molecule has 2 aliphatic heterocycles. The van der Waals surface area contributed by atoms with Gasteiger partial charge in [-0.25, -0.2) is 18.4 Å². The molecule has 0 aromatic carbocycles. The molecule has 3 aliphatic rings. The third kappa shape index (κ3) is 2.94. The van der Waals surface area contributed by atoms with Crippen LogP contribution in [0.25, 0.3) is 0 Å². The fourth-order valence-corrected chi connectivity index (χ4v) is 6.61. The lowest BCUT2D eigenvalue weighted by Gasteiger charge is -2.38. The predicted molar refractivity (Wildman–Crippen MR) is 95.4 cm³/mol. The molecule has 138 valence electrons. The van der Waals surface area contributed by atoms with Crippen molar-refractivity contribution in [2.24, 2.45) is 0 Å². The molecule has 1 aromatic heterocycles. The van der Waals surface area contributed by atoms with E-state index in [0.717, 1.165) is 25.2 Å². The van der Waals surface area contributed by atoms with E-state index in [-0.39, 0.29) is 11.3 Å². The van der Waals surface area contributed by atoms with Crippen LogP contribution >= 0.6 is 0 Å². The second kappa shape index (κ2) is 6.48. The van der Waals surface area contributed by atoms with Gasteiger partial charge in [-0.1, -0.05) is 0 Å². The van der Waals surface area contributed by atoms with E-state index in [4.69, 9.17) is 4.74 Å². The molecule has 1 aliphatic carbocycles. The van der Waals surface area contributed by atoms with E-state index in [0.29, 0.717) is 44.8 Å². The van der Waals surface area contributed by atoms with Crippen molar-refractivity contribution in [2.45, 2.75) is 48.6 Å². The van der Waals surface area contributed by atoms with E-state index in [1.165, 1.54) is 6.33 Å². The summed E-state index contributed by atoms with van der Waals surface area (Å²) in [5.74, 6) is 0.810. The van der Waals surface area contributed by atoms with Crippen LogP contribution in [-0.4, -0.2) is 62.5 Å². The van der Waals surface area contributed by atoms with Crippen molar-refractivity contribution in [2.75, 3.05) is 37.7 Å². The first kappa shape index (κ1) is 17.2. The van der Waals surface area contributed by atoms with Crippen molar-refractivity contribution in [1.82, 2.24) is 15.3 Å². The molecule has 0 spiro atoms. The Morgan fingerprint density at radius 2 is 2.04 bits per heavy atom. The minimum absolute atomic E-state index is 0.189. The van der Waals surface area contributed by atoms with Gasteiger partial charge in [-0.15, -0.1) is 0 Å². The lowest BCUT2D eigenvalue weighted by atomic mass is 9.93. The van der Waals surface area contributed by atoms with Crippen molar-refractivity contribution in [1.29, 1.82) is 0 Å². The zero-order chi connectivity index (χ0) is 17.5. The third-order valence-electron chi connectivity index (χ3n) is 5.70. The molecule has 0 unspecified atom stereocenters. The van der Waals surface area contributed by atoms with Gasteiger partial charge in [-0.2, -0.15) is 0 Å². The number of nitrogens with one attached hydrogen (secondary N) is 1. The van der Waals surface area contributed by atoms with Crippen molar-refractivity contribution in [3.63, 3.8) is 0 Å². The molecule has 25 heavy (non-hydrogen) atoms. The maximum atomic E-state index is 13.3. The van der Waals surface area contributed by atoms with Crippen molar-refractivity contribution in [3.05, 3.63) is 18.1 Å². The standard InChI is InChI=1S/C17H26N4O3S/c1-13-11-24-9-8-21(13)16-10-15(19-12-20-16)17(4-6-18-7-5-17)25(22,23)14-2-3-14/h10,12-14,18H,2-9,11H2,1H3/t13-/m1/s1. The van der Waals surface area contributed by atoms with Gasteiger partial charge in [0.25, 0.3) is 0 Å². The molecule has 7 nitrogen and oxygen atoms in total. The molecule has 1 aromatic rings. The molecule has 0 amide bonds. The Bertz CT molecular complexity index is 729. The average molecular weight is 366 g/mol. The zero-order valence-corrected chi connectivity index (χ0v) is 15.5. The summed E-state index contributed by atoms with van der Waals surface area (Å²) in [4.78, 5) is 11.1. The number of rotatable bonds is 4. The molecule has 3 fully saturated rings.